The molecule has 0 aromatic heterocycles. The number of aliphatic hydroxyl groups excluding tert-OH is 1. The van der Waals surface area contributed by atoms with E-state index in [9.17, 15) is 9.18 Å². The van der Waals surface area contributed by atoms with E-state index in [1.807, 2.05) is 30.3 Å². The fourth-order valence-corrected chi connectivity index (χ4v) is 2.20. The monoisotopic (exact) mass is 317 g/mol. The Kier molecular flexibility index (Phi) is 6.56. The van der Waals surface area contributed by atoms with Gasteiger partial charge in [-0.25, -0.2) is 4.39 Å². The van der Waals surface area contributed by atoms with E-state index >= 15 is 0 Å². The lowest BCUT2D eigenvalue weighted by molar-refractivity contribution is -0.122. The number of ether oxygens (including phenoxy) is 1. The molecular weight excluding hydrogens is 297 g/mol. The van der Waals surface area contributed by atoms with Gasteiger partial charge in [-0.2, -0.15) is 0 Å². The van der Waals surface area contributed by atoms with Crippen molar-refractivity contribution in [3.05, 3.63) is 66.0 Å². The number of amides is 1. The minimum absolute atomic E-state index is 0.00802. The number of halogens is 1. The lowest BCUT2D eigenvalue weighted by atomic mass is 10.0. The molecule has 0 aliphatic carbocycles. The Bertz CT molecular complexity index is 601. The zero-order valence-electron chi connectivity index (χ0n) is 12.7. The fraction of sp³-hybridized carbons (Fsp3) is 0.278. The van der Waals surface area contributed by atoms with E-state index in [2.05, 4.69) is 5.32 Å². The van der Waals surface area contributed by atoms with Gasteiger partial charge in [-0.1, -0.05) is 30.3 Å². The molecule has 0 radical (unpaired) electrons. The SMILES string of the molecule is O=C(CCOc1ccc(F)cc1)NC(CCO)c1ccccc1. The van der Waals surface area contributed by atoms with E-state index in [0.29, 0.717) is 12.2 Å². The summed E-state index contributed by atoms with van der Waals surface area (Å²) in [7, 11) is 0. The van der Waals surface area contributed by atoms with Crippen LogP contribution in [0.4, 0.5) is 4.39 Å². The van der Waals surface area contributed by atoms with E-state index in [0.717, 1.165) is 5.56 Å². The van der Waals surface area contributed by atoms with Gasteiger partial charge in [-0.05, 0) is 36.2 Å². The second-order valence-corrected chi connectivity index (χ2v) is 5.10. The molecule has 2 rings (SSSR count). The predicted molar refractivity (Wildman–Crippen MR) is 85.5 cm³/mol. The van der Waals surface area contributed by atoms with Gasteiger partial charge in [0.15, 0.2) is 0 Å². The highest BCUT2D eigenvalue weighted by Gasteiger charge is 2.13. The third kappa shape index (κ3) is 5.71. The summed E-state index contributed by atoms with van der Waals surface area (Å²) in [5.41, 5.74) is 0.953. The van der Waals surface area contributed by atoms with Crippen molar-refractivity contribution in [3.8, 4) is 5.75 Å². The van der Waals surface area contributed by atoms with Crippen LogP contribution in [-0.2, 0) is 4.79 Å². The minimum atomic E-state index is -0.329. The zero-order chi connectivity index (χ0) is 16.5. The second-order valence-electron chi connectivity index (χ2n) is 5.10. The van der Waals surface area contributed by atoms with Crippen LogP contribution in [0, 0.1) is 5.82 Å². The number of aliphatic hydroxyl groups is 1. The molecule has 0 saturated carbocycles. The van der Waals surface area contributed by atoms with Crippen molar-refractivity contribution < 1.29 is 19.0 Å². The molecule has 0 aliphatic heterocycles. The highest BCUT2D eigenvalue weighted by Crippen LogP contribution is 2.16. The van der Waals surface area contributed by atoms with Crippen molar-refractivity contribution in [1.82, 2.24) is 5.32 Å². The fourth-order valence-electron chi connectivity index (χ4n) is 2.20. The largest absolute Gasteiger partial charge is 0.493 e. The minimum Gasteiger partial charge on any atom is -0.493 e. The highest BCUT2D eigenvalue weighted by molar-refractivity contribution is 5.76. The molecule has 1 unspecified atom stereocenters. The van der Waals surface area contributed by atoms with Crippen molar-refractivity contribution in [2.45, 2.75) is 18.9 Å². The molecule has 0 aliphatic rings. The summed E-state index contributed by atoms with van der Waals surface area (Å²) >= 11 is 0. The summed E-state index contributed by atoms with van der Waals surface area (Å²) in [6, 6.07) is 14.9. The maximum Gasteiger partial charge on any atom is 0.223 e. The van der Waals surface area contributed by atoms with Gasteiger partial charge in [0.2, 0.25) is 5.91 Å². The summed E-state index contributed by atoms with van der Waals surface area (Å²) in [6.07, 6.45) is 0.640. The summed E-state index contributed by atoms with van der Waals surface area (Å²) in [5, 5.41) is 12.0. The zero-order valence-corrected chi connectivity index (χ0v) is 12.7. The quantitative estimate of drug-likeness (QED) is 0.787. The Balaban J connectivity index is 1.81. The van der Waals surface area contributed by atoms with Crippen molar-refractivity contribution >= 4 is 5.91 Å². The van der Waals surface area contributed by atoms with Crippen LogP contribution in [0.1, 0.15) is 24.4 Å². The van der Waals surface area contributed by atoms with E-state index < -0.39 is 0 Å². The summed E-state index contributed by atoms with van der Waals surface area (Å²) < 4.78 is 18.2. The van der Waals surface area contributed by atoms with Crippen molar-refractivity contribution in [1.29, 1.82) is 0 Å². The first-order chi connectivity index (χ1) is 11.2. The van der Waals surface area contributed by atoms with Crippen molar-refractivity contribution in [3.63, 3.8) is 0 Å². The van der Waals surface area contributed by atoms with Crippen molar-refractivity contribution in [2.24, 2.45) is 0 Å². The summed E-state index contributed by atoms with van der Waals surface area (Å²) in [5.74, 6) is 0.0355. The van der Waals surface area contributed by atoms with Gasteiger partial charge in [0, 0.05) is 6.61 Å². The van der Waals surface area contributed by atoms with E-state index in [1.165, 1.54) is 24.3 Å². The van der Waals surface area contributed by atoms with Gasteiger partial charge in [0.25, 0.3) is 0 Å². The van der Waals surface area contributed by atoms with Gasteiger partial charge in [-0.3, -0.25) is 4.79 Å². The number of benzene rings is 2. The van der Waals surface area contributed by atoms with Gasteiger partial charge >= 0.3 is 0 Å². The van der Waals surface area contributed by atoms with Crippen LogP contribution in [-0.4, -0.2) is 24.2 Å². The topological polar surface area (TPSA) is 58.6 Å². The lowest BCUT2D eigenvalue weighted by Gasteiger charge is -2.18. The third-order valence-corrected chi connectivity index (χ3v) is 3.37. The second kappa shape index (κ2) is 8.90. The van der Waals surface area contributed by atoms with Gasteiger partial charge < -0.3 is 15.2 Å². The molecule has 122 valence electrons. The Labute approximate surface area is 134 Å². The number of nitrogens with one attached hydrogen (secondary N) is 1. The van der Waals surface area contributed by atoms with E-state index in [4.69, 9.17) is 9.84 Å². The Morgan fingerprint density at radius 3 is 2.48 bits per heavy atom. The van der Waals surface area contributed by atoms with Crippen LogP contribution in [0.5, 0.6) is 5.75 Å². The Morgan fingerprint density at radius 2 is 1.83 bits per heavy atom. The van der Waals surface area contributed by atoms with E-state index in [-0.39, 0.29) is 37.4 Å². The molecule has 0 heterocycles. The van der Waals surface area contributed by atoms with Crippen LogP contribution in [0.15, 0.2) is 54.6 Å². The molecular formula is C18H20FNO3. The molecule has 2 N–H and O–H groups in total. The van der Waals surface area contributed by atoms with Crippen LogP contribution in [0.25, 0.3) is 0 Å². The average Bonchev–Trinajstić information content (AvgIpc) is 2.57. The van der Waals surface area contributed by atoms with Crippen LogP contribution >= 0.6 is 0 Å². The van der Waals surface area contributed by atoms with Crippen LogP contribution in [0.2, 0.25) is 0 Å². The van der Waals surface area contributed by atoms with Gasteiger partial charge in [-0.15, -0.1) is 0 Å². The molecule has 0 fully saturated rings. The maximum atomic E-state index is 12.8. The number of hydrogen-bond donors (Lipinski definition) is 2. The third-order valence-electron chi connectivity index (χ3n) is 3.37. The molecule has 4 nitrogen and oxygen atoms in total. The average molecular weight is 317 g/mol. The molecule has 5 heteroatoms. The number of rotatable bonds is 8. The first-order valence-corrected chi connectivity index (χ1v) is 7.52. The molecule has 0 spiro atoms. The normalized spacial score (nSPS) is 11.7. The predicted octanol–water partition coefficient (Wildman–Crippen LogP) is 2.83. The molecule has 1 atom stereocenters. The lowest BCUT2D eigenvalue weighted by Crippen LogP contribution is -2.30. The van der Waals surface area contributed by atoms with Crippen LogP contribution < -0.4 is 10.1 Å². The number of carbonyl (C=O) groups is 1. The summed E-state index contributed by atoms with van der Waals surface area (Å²) in [6.45, 7) is 0.198. The Morgan fingerprint density at radius 1 is 1.13 bits per heavy atom. The number of carbonyl (C=O) groups excluding carboxylic acids is 1. The van der Waals surface area contributed by atoms with Gasteiger partial charge in [0.05, 0.1) is 19.1 Å². The smallest absolute Gasteiger partial charge is 0.223 e. The standard InChI is InChI=1S/C18H20FNO3/c19-15-6-8-16(9-7-15)23-13-11-18(22)20-17(10-12-21)14-4-2-1-3-5-14/h1-9,17,21H,10-13H2,(H,20,22). The molecule has 0 bridgehead atoms. The van der Waals surface area contributed by atoms with Crippen LogP contribution in [0.3, 0.4) is 0 Å². The maximum absolute atomic E-state index is 12.8. The molecule has 2 aromatic rings. The highest BCUT2D eigenvalue weighted by atomic mass is 19.1. The molecule has 23 heavy (non-hydrogen) atoms. The molecule has 1 amide bonds. The van der Waals surface area contributed by atoms with Gasteiger partial charge in [0.1, 0.15) is 11.6 Å². The summed E-state index contributed by atoms with van der Waals surface area (Å²) in [4.78, 5) is 12.0. The molecule has 2 aromatic carbocycles. The first-order valence-electron chi connectivity index (χ1n) is 7.52. The number of hydrogen-bond acceptors (Lipinski definition) is 3. The first kappa shape index (κ1) is 17.0. The Hall–Kier alpha value is -2.40. The molecule has 0 saturated heterocycles. The van der Waals surface area contributed by atoms with Crippen molar-refractivity contribution in [2.75, 3.05) is 13.2 Å². The van der Waals surface area contributed by atoms with E-state index in [1.54, 1.807) is 0 Å².